The molecule has 1 saturated heterocycles. The Labute approximate surface area is 290 Å². The van der Waals surface area contributed by atoms with Crippen molar-refractivity contribution in [2.24, 2.45) is 0 Å². The number of alkyl halides is 3. The standard InChI is InChI=1S/C36H33ClF3N5O3S/c1-21(2)44-17-15-35(16-18-44)20-45(32-29(46)13-12-25(31(32)35)33-42-27-19-22(37)7-14-30(27)49-33)28-6-4-3-5-26(28)43-34(47)41-23-8-10-24(11-9-23)48-36(38,39)40/h3-14,19,21,46H,15-18,20H2,1-2H3,(H2,41,43,47). The first kappa shape index (κ1) is 33.0. The molecule has 0 bridgehead atoms. The second-order valence-corrected chi connectivity index (χ2v) is 14.1. The summed E-state index contributed by atoms with van der Waals surface area (Å²) < 4.78 is 42.7. The van der Waals surface area contributed by atoms with Crippen LogP contribution in [0.2, 0.25) is 5.02 Å². The number of para-hydroxylation sites is 2. The number of aromatic nitrogens is 1. The number of thiazole rings is 1. The lowest BCUT2D eigenvalue weighted by molar-refractivity contribution is -0.274. The van der Waals surface area contributed by atoms with E-state index in [9.17, 15) is 23.1 Å². The number of ether oxygens (including phenoxy) is 1. The third kappa shape index (κ3) is 6.60. The maximum absolute atomic E-state index is 13.2. The van der Waals surface area contributed by atoms with Crippen molar-refractivity contribution in [1.29, 1.82) is 0 Å². The first-order valence-corrected chi connectivity index (χ1v) is 17.1. The van der Waals surface area contributed by atoms with Crippen LogP contribution in [-0.4, -0.2) is 53.1 Å². The molecule has 8 nitrogen and oxygen atoms in total. The molecule has 2 aliphatic rings. The zero-order chi connectivity index (χ0) is 34.5. The summed E-state index contributed by atoms with van der Waals surface area (Å²) in [7, 11) is 0. The minimum Gasteiger partial charge on any atom is -0.506 e. The van der Waals surface area contributed by atoms with Crippen LogP contribution < -0.4 is 20.3 Å². The number of hydrogen-bond acceptors (Lipinski definition) is 7. The number of amides is 2. The number of urea groups is 1. The van der Waals surface area contributed by atoms with Crippen molar-refractivity contribution in [2.75, 3.05) is 35.2 Å². The fourth-order valence-corrected chi connectivity index (χ4v) is 8.11. The van der Waals surface area contributed by atoms with Gasteiger partial charge in [-0.3, -0.25) is 0 Å². The van der Waals surface area contributed by atoms with E-state index in [1.54, 1.807) is 29.5 Å². The highest BCUT2D eigenvalue weighted by atomic mass is 35.5. The number of phenolic OH excluding ortho intramolecular Hbond substituents is 1. The van der Waals surface area contributed by atoms with Gasteiger partial charge < -0.3 is 30.3 Å². The van der Waals surface area contributed by atoms with E-state index in [0.29, 0.717) is 34.7 Å². The molecule has 0 aliphatic carbocycles. The molecule has 0 saturated carbocycles. The number of phenols is 1. The van der Waals surface area contributed by atoms with Gasteiger partial charge in [-0.25, -0.2) is 9.78 Å². The number of rotatable bonds is 6. The molecule has 1 spiro atoms. The second-order valence-electron chi connectivity index (χ2n) is 12.7. The zero-order valence-electron chi connectivity index (χ0n) is 26.6. The molecule has 49 heavy (non-hydrogen) atoms. The number of likely N-dealkylation sites (tertiary alicyclic amines) is 1. The highest BCUT2D eigenvalue weighted by Gasteiger charge is 2.49. The lowest BCUT2D eigenvalue weighted by atomic mass is 9.72. The van der Waals surface area contributed by atoms with E-state index in [1.165, 1.54) is 12.1 Å². The van der Waals surface area contributed by atoms with Crippen molar-refractivity contribution in [1.82, 2.24) is 9.88 Å². The fourth-order valence-electron chi connectivity index (χ4n) is 6.97. The Hall–Kier alpha value is -4.52. The lowest BCUT2D eigenvalue weighted by Crippen LogP contribution is -2.47. The summed E-state index contributed by atoms with van der Waals surface area (Å²) in [6.07, 6.45) is -3.08. The van der Waals surface area contributed by atoms with E-state index in [-0.39, 0.29) is 16.9 Å². The highest BCUT2D eigenvalue weighted by molar-refractivity contribution is 7.21. The Morgan fingerprint density at radius 1 is 1.02 bits per heavy atom. The van der Waals surface area contributed by atoms with Crippen LogP contribution in [0.1, 0.15) is 32.3 Å². The number of nitrogens with zero attached hydrogens (tertiary/aromatic N) is 3. The van der Waals surface area contributed by atoms with Crippen molar-refractivity contribution >= 4 is 61.9 Å². The number of nitrogens with one attached hydrogen (secondary N) is 2. The van der Waals surface area contributed by atoms with Gasteiger partial charge in [-0.1, -0.05) is 23.7 Å². The Morgan fingerprint density at radius 2 is 1.76 bits per heavy atom. The molecule has 0 atom stereocenters. The van der Waals surface area contributed by atoms with Crippen LogP contribution in [0.25, 0.3) is 20.8 Å². The van der Waals surface area contributed by atoms with Crippen molar-refractivity contribution in [2.45, 2.75) is 44.5 Å². The summed E-state index contributed by atoms with van der Waals surface area (Å²) in [6, 6.07) is 21.4. The van der Waals surface area contributed by atoms with E-state index >= 15 is 0 Å². The van der Waals surface area contributed by atoms with Gasteiger partial charge in [0.25, 0.3) is 0 Å². The molecule has 254 valence electrons. The van der Waals surface area contributed by atoms with Gasteiger partial charge in [-0.15, -0.1) is 24.5 Å². The predicted octanol–water partition coefficient (Wildman–Crippen LogP) is 9.76. The number of piperidine rings is 1. The summed E-state index contributed by atoms with van der Waals surface area (Å²) in [5.41, 5.74) is 4.68. The van der Waals surface area contributed by atoms with E-state index in [1.807, 2.05) is 36.4 Å². The van der Waals surface area contributed by atoms with Crippen LogP contribution in [0.3, 0.4) is 0 Å². The molecule has 4 aromatic carbocycles. The molecule has 0 radical (unpaired) electrons. The molecule has 1 aromatic heterocycles. The SMILES string of the molecule is CC(C)N1CCC2(CC1)CN(c1ccccc1NC(=O)Nc1ccc(OC(F)(F)F)cc1)c1c(O)ccc(-c3nc4cc(Cl)ccc4s3)c12. The third-order valence-electron chi connectivity index (χ3n) is 9.27. The fraction of sp³-hybridized carbons (Fsp3) is 0.278. The van der Waals surface area contributed by atoms with E-state index < -0.39 is 18.1 Å². The number of benzene rings is 4. The van der Waals surface area contributed by atoms with Gasteiger partial charge in [0.2, 0.25) is 0 Å². The van der Waals surface area contributed by atoms with E-state index in [4.69, 9.17) is 16.6 Å². The Kier molecular flexibility index (Phi) is 8.58. The number of carbonyl (C=O) groups excluding carboxylic acids is 1. The number of fused-ring (bicyclic) bond motifs is 3. The van der Waals surface area contributed by atoms with Crippen molar-refractivity contribution in [3.05, 3.63) is 89.4 Å². The summed E-state index contributed by atoms with van der Waals surface area (Å²) >= 11 is 7.89. The summed E-state index contributed by atoms with van der Waals surface area (Å²) in [4.78, 5) is 22.7. The smallest absolute Gasteiger partial charge is 0.506 e. The lowest BCUT2D eigenvalue weighted by Gasteiger charge is -2.42. The van der Waals surface area contributed by atoms with Crippen LogP contribution in [0, 0.1) is 0 Å². The van der Waals surface area contributed by atoms with Crippen molar-refractivity contribution < 1.29 is 27.8 Å². The van der Waals surface area contributed by atoms with Crippen LogP contribution in [0.4, 0.5) is 40.7 Å². The number of halogens is 4. The third-order valence-corrected chi connectivity index (χ3v) is 10.6. The molecule has 3 heterocycles. The molecule has 0 unspecified atom stereocenters. The number of aromatic hydroxyl groups is 1. The largest absolute Gasteiger partial charge is 0.573 e. The molecule has 1 fully saturated rings. The Balaban J connectivity index is 1.25. The molecule has 13 heteroatoms. The van der Waals surface area contributed by atoms with Crippen molar-refractivity contribution in [3.8, 4) is 22.1 Å². The topological polar surface area (TPSA) is 90.0 Å². The Bertz CT molecular complexity index is 2030. The summed E-state index contributed by atoms with van der Waals surface area (Å²) in [5, 5.41) is 18.6. The first-order chi connectivity index (χ1) is 23.4. The predicted molar refractivity (Wildman–Crippen MR) is 189 cm³/mol. The molecule has 2 amide bonds. The van der Waals surface area contributed by atoms with Crippen LogP contribution in [0.15, 0.2) is 78.9 Å². The maximum Gasteiger partial charge on any atom is 0.573 e. The second kappa shape index (κ2) is 12.7. The quantitative estimate of drug-likeness (QED) is 0.163. The van der Waals surface area contributed by atoms with Gasteiger partial charge in [0.05, 0.1) is 27.3 Å². The summed E-state index contributed by atoms with van der Waals surface area (Å²) in [6.45, 7) is 6.77. The molecular weight excluding hydrogens is 675 g/mol. The van der Waals surface area contributed by atoms with Gasteiger partial charge in [-0.05, 0) is 112 Å². The van der Waals surface area contributed by atoms with Gasteiger partial charge in [0.15, 0.2) is 0 Å². The van der Waals surface area contributed by atoms with Gasteiger partial charge >= 0.3 is 12.4 Å². The summed E-state index contributed by atoms with van der Waals surface area (Å²) in [5.74, 6) is -0.259. The van der Waals surface area contributed by atoms with E-state index in [0.717, 1.165) is 64.4 Å². The first-order valence-electron chi connectivity index (χ1n) is 15.9. The zero-order valence-corrected chi connectivity index (χ0v) is 28.2. The number of anilines is 4. The Morgan fingerprint density at radius 3 is 2.47 bits per heavy atom. The van der Waals surface area contributed by atoms with Gasteiger partial charge in [0, 0.05) is 34.3 Å². The van der Waals surface area contributed by atoms with Gasteiger partial charge in [0.1, 0.15) is 16.5 Å². The van der Waals surface area contributed by atoms with Gasteiger partial charge in [-0.2, -0.15) is 0 Å². The van der Waals surface area contributed by atoms with Crippen LogP contribution in [0.5, 0.6) is 11.5 Å². The van der Waals surface area contributed by atoms with E-state index in [2.05, 4.69) is 39.0 Å². The number of hydrogen-bond donors (Lipinski definition) is 3. The normalized spacial score (nSPS) is 15.9. The van der Waals surface area contributed by atoms with Crippen LogP contribution in [-0.2, 0) is 5.41 Å². The van der Waals surface area contributed by atoms with Crippen molar-refractivity contribution in [3.63, 3.8) is 0 Å². The average molecular weight is 708 g/mol. The molecule has 2 aliphatic heterocycles. The average Bonchev–Trinajstić information content (AvgIpc) is 3.62. The molecule has 5 aromatic rings. The highest BCUT2D eigenvalue weighted by Crippen LogP contribution is 2.57. The monoisotopic (exact) mass is 707 g/mol. The maximum atomic E-state index is 13.2. The molecule has 7 rings (SSSR count). The molecular formula is C36H33ClF3N5O3S. The minimum atomic E-state index is -4.81. The minimum absolute atomic E-state index is 0.131. The number of carbonyl (C=O) groups is 1. The molecule has 3 N–H and O–H groups in total. The van der Waals surface area contributed by atoms with Crippen LogP contribution >= 0.6 is 22.9 Å².